The van der Waals surface area contributed by atoms with E-state index < -0.39 is 0 Å². The number of benzene rings is 2. The number of rotatable bonds is 4. The molecule has 0 bridgehead atoms. The third-order valence-electron chi connectivity index (χ3n) is 3.73. The fourth-order valence-electron chi connectivity index (χ4n) is 2.49. The van der Waals surface area contributed by atoms with Gasteiger partial charge in [-0.05, 0) is 12.1 Å². The summed E-state index contributed by atoms with van der Waals surface area (Å²) in [4.78, 5) is 0. The average molecular weight is 348 g/mol. The quantitative estimate of drug-likeness (QED) is 0.695. The maximum atomic E-state index is 9.08. The summed E-state index contributed by atoms with van der Waals surface area (Å²) in [5.74, 6) is 0.414. The molecule has 3 aromatic rings. The summed E-state index contributed by atoms with van der Waals surface area (Å²) in [6.07, 6.45) is 0. The summed E-state index contributed by atoms with van der Waals surface area (Å²) in [5, 5.41) is 29.3. The van der Waals surface area contributed by atoms with Crippen molar-refractivity contribution in [2.24, 2.45) is 0 Å². The molecule has 122 valence electrons. The van der Waals surface area contributed by atoms with E-state index in [4.69, 9.17) is 22.3 Å². The molecule has 0 saturated heterocycles. The van der Waals surface area contributed by atoms with E-state index in [1.54, 1.807) is 31.3 Å². The van der Waals surface area contributed by atoms with E-state index in [1.165, 1.54) is 0 Å². The number of aromatic nitrogens is 2. The Balaban J connectivity index is 2.17. The molecule has 0 amide bonds. The highest BCUT2D eigenvalue weighted by Crippen LogP contribution is 2.33. The van der Waals surface area contributed by atoms with Crippen LogP contribution in [0.5, 0.6) is 0 Å². The van der Waals surface area contributed by atoms with Gasteiger partial charge in [0.1, 0.15) is 5.69 Å². The smallest absolute Gasteiger partial charge is 0.159 e. The molecule has 2 N–H and O–H groups in total. The molecular formula is C19H14ClN5. The molecule has 0 aliphatic heterocycles. The molecule has 0 atom stereocenters. The summed E-state index contributed by atoms with van der Waals surface area (Å²) >= 11 is 6.60. The second-order valence-electron chi connectivity index (χ2n) is 5.27. The molecule has 0 aliphatic rings. The zero-order valence-electron chi connectivity index (χ0n) is 13.4. The topological polar surface area (TPSA) is 85.5 Å². The molecular weight excluding hydrogens is 334 g/mol. The fraction of sp³-hybridized carbons (Fsp3) is 0.0526. The summed E-state index contributed by atoms with van der Waals surface area (Å²) in [7, 11) is 1.70. The van der Waals surface area contributed by atoms with E-state index >= 15 is 0 Å². The highest BCUT2D eigenvalue weighted by atomic mass is 35.5. The highest BCUT2D eigenvalue weighted by Gasteiger charge is 2.20. The molecule has 0 radical (unpaired) electrons. The first-order valence-corrected chi connectivity index (χ1v) is 7.92. The number of nitriles is 1. The predicted octanol–water partition coefficient (Wildman–Crippen LogP) is 4.13. The number of halogens is 1. The second kappa shape index (κ2) is 7.12. The molecule has 3 rings (SSSR count). The lowest BCUT2D eigenvalue weighted by Crippen LogP contribution is -2.11. The van der Waals surface area contributed by atoms with Gasteiger partial charge in [-0.2, -0.15) is 5.26 Å². The minimum Gasteiger partial charge on any atom is -0.371 e. The molecule has 2 aromatic carbocycles. The Bertz CT molecular complexity index is 977. The Morgan fingerprint density at radius 2 is 1.88 bits per heavy atom. The Hall–Kier alpha value is -3.23. The summed E-state index contributed by atoms with van der Waals surface area (Å²) in [6, 6.07) is 18.4. The van der Waals surface area contributed by atoms with E-state index in [2.05, 4.69) is 21.6 Å². The lowest BCUT2D eigenvalue weighted by Gasteiger charge is -2.14. The Kier molecular flexibility index (Phi) is 4.73. The molecule has 0 aliphatic carbocycles. The molecule has 5 nitrogen and oxygen atoms in total. The van der Waals surface area contributed by atoms with Crippen LogP contribution < -0.4 is 5.32 Å². The Morgan fingerprint density at radius 3 is 2.56 bits per heavy atom. The van der Waals surface area contributed by atoms with Gasteiger partial charge in [-0.25, -0.2) is 0 Å². The van der Waals surface area contributed by atoms with Crippen LogP contribution in [0.3, 0.4) is 0 Å². The van der Waals surface area contributed by atoms with Crippen molar-refractivity contribution in [1.29, 1.82) is 10.7 Å². The van der Waals surface area contributed by atoms with E-state index in [0.717, 1.165) is 5.56 Å². The van der Waals surface area contributed by atoms with Crippen molar-refractivity contribution < 1.29 is 0 Å². The lowest BCUT2D eigenvalue weighted by molar-refractivity contribution is 1.03. The predicted molar refractivity (Wildman–Crippen MR) is 99.1 cm³/mol. The second-order valence-corrected chi connectivity index (χ2v) is 5.65. The SMILES string of the molecule is CNc1nnc(-c2ccccc2)c(Cl)c1C(=N)c1cccc(C#N)c1. The van der Waals surface area contributed by atoms with Gasteiger partial charge >= 0.3 is 0 Å². The molecule has 0 saturated carbocycles. The van der Waals surface area contributed by atoms with Gasteiger partial charge in [-0.3, -0.25) is 5.41 Å². The lowest BCUT2D eigenvalue weighted by atomic mass is 9.99. The van der Waals surface area contributed by atoms with Crippen LogP contribution in [0.2, 0.25) is 5.02 Å². The molecule has 25 heavy (non-hydrogen) atoms. The highest BCUT2D eigenvalue weighted by molar-refractivity contribution is 6.38. The summed E-state index contributed by atoms with van der Waals surface area (Å²) < 4.78 is 0. The summed E-state index contributed by atoms with van der Waals surface area (Å²) in [6.45, 7) is 0. The van der Waals surface area contributed by atoms with Crippen LogP contribution in [0.4, 0.5) is 5.82 Å². The van der Waals surface area contributed by atoms with Gasteiger partial charge in [0.15, 0.2) is 5.82 Å². The minimum absolute atomic E-state index is 0.179. The van der Waals surface area contributed by atoms with Crippen molar-refractivity contribution in [2.75, 3.05) is 12.4 Å². The van der Waals surface area contributed by atoms with Gasteiger partial charge in [0, 0.05) is 18.2 Å². The zero-order chi connectivity index (χ0) is 17.8. The van der Waals surface area contributed by atoms with E-state index in [-0.39, 0.29) is 5.71 Å². The van der Waals surface area contributed by atoms with E-state index in [0.29, 0.717) is 33.2 Å². The largest absolute Gasteiger partial charge is 0.371 e. The third-order valence-corrected chi connectivity index (χ3v) is 4.10. The van der Waals surface area contributed by atoms with E-state index in [1.807, 2.05) is 30.3 Å². The minimum atomic E-state index is 0.179. The van der Waals surface area contributed by atoms with Gasteiger partial charge in [0.05, 0.1) is 27.9 Å². The van der Waals surface area contributed by atoms with Crippen LogP contribution in [0, 0.1) is 16.7 Å². The van der Waals surface area contributed by atoms with Gasteiger partial charge < -0.3 is 5.32 Å². The number of nitrogens with one attached hydrogen (secondary N) is 2. The third kappa shape index (κ3) is 3.21. The first-order valence-electron chi connectivity index (χ1n) is 7.54. The number of hydrogen-bond acceptors (Lipinski definition) is 5. The Morgan fingerprint density at radius 1 is 1.12 bits per heavy atom. The average Bonchev–Trinajstić information content (AvgIpc) is 2.67. The van der Waals surface area contributed by atoms with Gasteiger partial charge in [-0.15, -0.1) is 10.2 Å². The van der Waals surface area contributed by atoms with Crippen LogP contribution in [0.25, 0.3) is 11.3 Å². The van der Waals surface area contributed by atoms with Crippen molar-refractivity contribution in [3.05, 3.63) is 76.3 Å². The molecule has 6 heteroatoms. The Labute approximate surface area is 150 Å². The molecule has 0 spiro atoms. The fourth-order valence-corrected chi connectivity index (χ4v) is 2.82. The monoisotopic (exact) mass is 347 g/mol. The molecule has 1 aromatic heterocycles. The van der Waals surface area contributed by atoms with Gasteiger partial charge in [0.25, 0.3) is 0 Å². The molecule has 0 unspecified atom stereocenters. The number of anilines is 1. The summed E-state index contributed by atoms with van der Waals surface area (Å²) in [5.41, 5.74) is 3.03. The number of nitrogens with zero attached hydrogens (tertiary/aromatic N) is 3. The van der Waals surface area contributed by atoms with Crippen molar-refractivity contribution in [1.82, 2.24) is 10.2 Å². The van der Waals surface area contributed by atoms with Gasteiger partial charge in [0.2, 0.25) is 0 Å². The maximum absolute atomic E-state index is 9.08. The van der Waals surface area contributed by atoms with Crippen LogP contribution in [-0.2, 0) is 0 Å². The van der Waals surface area contributed by atoms with Crippen molar-refractivity contribution in [3.8, 4) is 17.3 Å². The van der Waals surface area contributed by atoms with Crippen LogP contribution in [-0.4, -0.2) is 23.0 Å². The molecule has 1 heterocycles. The first-order chi connectivity index (χ1) is 12.2. The number of hydrogen-bond donors (Lipinski definition) is 2. The van der Waals surface area contributed by atoms with Crippen molar-refractivity contribution in [3.63, 3.8) is 0 Å². The van der Waals surface area contributed by atoms with Crippen LogP contribution in [0.1, 0.15) is 16.7 Å². The van der Waals surface area contributed by atoms with Crippen molar-refractivity contribution in [2.45, 2.75) is 0 Å². The maximum Gasteiger partial charge on any atom is 0.159 e. The van der Waals surface area contributed by atoms with Crippen LogP contribution in [0.15, 0.2) is 54.6 Å². The van der Waals surface area contributed by atoms with Crippen molar-refractivity contribution >= 4 is 23.1 Å². The normalized spacial score (nSPS) is 10.1. The first kappa shape index (κ1) is 16.6. The standard InChI is InChI=1S/C19H14ClN5/c1-23-19-15(17(22)14-9-5-6-12(10-14)11-21)16(20)18(24-25-19)13-7-3-2-4-8-13/h2-10,22H,1H3,(H,23,25). The molecule has 0 fully saturated rings. The van der Waals surface area contributed by atoms with E-state index in [9.17, 15) is 0 Å². The van der Waals surface area contributed by atoms with Crippen LogP contribution >= 0.6 is 11.6 Å². The van der Waals surface area contributed by atoms with Gasteiger partial charge in [-0.1, -0.05) is 54.1 Å². The zero-order valence-corrected chi connectivity index (χ0v) is 14.2.